The van der Waals surface area contributed by atoms with Crippen molar-refractivity contribution in [2.24, 2.45) is 0 Å². The van der Waals surface area contributed by atoms with E-state index in [1.807, 2.05) is 0 Å². The maximum atomic E-state index is 9.85. The first kappa shape index (κ1) is 15.1. The van der Waals surface area contributed by atoms with Gasteiger partial charge in [-0.25, -0.2) is 0 Å². The summed E-state index contributed by atoms with van der Waals surface area (Å²) >= 11 is 0. The summed E-state index contributed by atoms with van der Waals surface area (Å²) in [6, 6.07) is 0. The number of carbonyl (C=O) groups excluding carboxylic acids is 1. The Hall–Kier alpha value is 0.570. The third kappa shape index (κ3) is 4.56. The molecule has 0 aliphatic rings. The topological polar surface area (TPSA) is 121 Å². The van der Waals surface area contributed by atoms with Gasteiger partial charge in [0, 0.05) is 0 Å². The molecule has 0 unspecified atom stereocenters. The fraction of sp³-hybridized carbons (Fsp3) is 0.800. The largest absolute Gasteiger partial charge is 2.00 e. The van der Waals surface area contributed by atoms with Gasteiger partial charge in [0.05, 0.1) is 12.6 Å². The summed E-state index contributed by atoms with van der Waals surface area (Å²) in [4.78, 5) is 9.85. The summed E-state index contributed by atoms with van der Waals surface area (Å²) in [5.74, 6) is -1.90. The van der Waals surface area contributed by atoms with Crippen LogP contribution in [0.3, 0.4) is 0 Å². The Morgan fingerprint density at radius 1 is 1.33 bits per heavy atom. The van der Waals surface area contributed by atoms with E-state index in [-0.39, 0.29) is 37.7 Å². The Kier molecular flexibility index (Phi) is 8.81. The van der Waals surface area contributed by atoms with Gasteiger partial charge >= 0.3 is 37.7 Å². The van der Waals surface area contributed by atoms with Crippen LogP contribution in [0.4, 0.5) is 0 Å². The summed E-state index contributed by atoms with van der Waals surface area (Å²) in [5, 5.41) is 43.8. The fourth-order valence-corrected chi connectivity index (χ4v) is 0.458. The maximum absolute atomic E-state index is 9.85. The molecule has 7 heteroatoms. The zero-order valence-electron chi connectivity index (χ0n) is 6.25. The van der Waals surface area contributed by atoms with Gasteiger partial charge in [-0.05, 0) is 0 Å². The molecule has 0 aromatic heterocycles. The van der Waals surface area contributed by atoms with Crippen LogP contribution in [0.15, 0.2) is 0 Å². The zero-order chi connectivity index (χ0) is 9.02. The van der Waals surface area contributed by atoms with Crippen LogP contribution in [0, 0.1) is 0 Å². The minimum atomic E-state index is -2.18. The van der Waals surface area contributed by atoms with Gasteiger partial charge in [-0.15, -0.1) is 0 Å². The van der Waals surface area contributed by atoms with E-state index in [4.69, 9.17) is 20.4 Å². The predicted molar refractivity (Wildman–Crippen MR) is 35.9 cm³/mol. The summed E-state index contributed by atoms with van der Waals surface area (Å²) < 4.78 is 0. The van der Waals surface area contributed by atoms with Crippen LogP contribution in [0.2, 0.25) is 0 Å². The molecule has 0 radical (unpaired) electrons. The smallest absolute Gasteiger partial charge is 0.547 e. The number of carboxylic acid groups (broad SMARTS) is 1. The maximum Gasteiger partial charge on any atom is 2.00 e. The second-order valence-electron chi connectivity index (χ2n) is 2.00. The van der Waals surface area contributed by atoms with Crippen LogP contribution in [0.5, 0.6) is 0 Å². The van der Waals surface area contributed by atoms with E-state index in [1.165, 1.54) is 0 Å². The van der Waals surface area contributed by atoms with Crippen molar-refractivity contribution in [3.05, 3.63) is 0 Å². The van der Waals surface area contributed by atoms with Gasteiger partial charge < -0.3 is 30.3 Å². The number of rotatable bonds is 4. The minimum Gasteiger partial charge on any atom is -0.547 e. The quantitative estimate of drug-likeness (QED) is 0.343. The monoisotopic (exact) mass is 205 g/mol. The molecule has 4 N–H and O–H groups in total. The minimum absolute atomic E-state index is 0. The molecule has 0 bridgehead atoms. The molecule has 0 spiro atoms. The Labute approximate surface area is 98.4 Å². The first-order chi connectivity index (χ1) is 5.00. The molecule has 0 saturated heterocycles. The van der Waals surface area contributed by atoms with Gasteiger partial charge in [0.2, 0.25) is 0 Å². The zero-order valence-corrected chi connectivity index (χ0v) is 8.46. The molecule has 0 rings (SSSR count). The number of hydrogen-bond acceptors (Lipinski definition) is 6. The molecule has 6 nitrogen and oxygen atoms in total. The first-order valence-electron chi connectivity index (χ1n) is 2.86. The van der Waals surface area contributed by atoms with E-state index in [0.717, 1.165) is 0 Å². The molecule has 0 amide bonds. The van der Waals surface area contributed by atoms with Gasteiger partial charge in [0.15, 0.2) is 0 Å². The average molecular weight is 205 g/mol. The number of aliphatic carboxylic acids is 1. The second kappa shape index (κ2) is 7.02. The molecule has 66 valence electrons. The molecule has 0 saturated carbocycles. The average Bonchev–Trinajstić information content (AvgIpc) is 2.00. The van der Waals surface area contributed by atoms with Crippen LogP contribution < -0.4 is 5.11 Å². The van der Waals surface area contributed by atoms with E-state index in [0.29, 0.717) is 0 Å². The van der Waals surface area contributed by atoms with Crippen molar-refractivity contribution in [2.45, 2.75) is 18.3 Å². The van der Waals surface area contributed by atoms with Crippen LogP contribution >= 0.6 is 0 Å². The molecule has 0 aliphatic heterocycles. The van der Waals surface area contributed by atoms with Crippen molar-refractivity contribution < 1.29 is 30.3 Å². The first-order valence-corrected chi connectivity index (χ1v) is 2.86. The SMILES string of the molecule is O=C([O-])[C@@H](O)[C@H](O)[C@H](O)CO.[Ca+2]. The van der Waals surface area contributed by atoms with Crippen molar-refractivity contribution in [3.8, 4) is 0 Å². The van der Waals surface area contributed by atoms with Gasteiger partial charge in [-0.2, -0.15) is 0 Å². The van der Waals surface area contributed by atoms with Gasteiger partial charge in [0.1, 0.15) is 18.3 Å². The Balaban J connectivity index is 0. The Bertz CT molecular complexity index is 140. The van der Waals surface area contributed by atoms with E-state index < -0.39 is 30.9 Å². The molecule has 0 heterocycles. The summed E-state index contributed by atoms with van der Waals surface area (Å²) in [6.07, 6.45) is -5.79. The third-order valence-corrected chi connectivity index (χ3v) is 1.15. The van der Waals surface area contributed by atoms with E-state index in [9.17, 15) is 9.90 Å². The van der Waals surface area contributed by atoms with Crippen LogP contribution in [-0.2, 0) is 4.79 Å². The van der Waals surface area contributed by atoms with Crippen molar-refractivity contribution in [1.29, 1.82) is 0 Å². The molecule has 0 aromatic carbocycles. The molecular formula is C5H9CaO6+. The van der Waals surface area contributed by atoms with E-state index >= 15 is 0 Å². The van der Waals surface area contributed by atoms with E-state index in [1.54, 1.807) is 0 Å². The summed E-state index contributed by atoms with van der Waals surface area (Å²) in [6.45, 7) is -0.828. The van der Waals surface area contributed by atoms with Gasteiger partial charge in [-0.1, -0.05) is 0 Å². The van der Waals surface area contributed by atoms with Crippen molar-refractivity contribution >= 4 is 43.7 Å². The third-order valence-electron chi connectivity index (χ3n) is 1.15. The van der Waals surface area contributed by atoms with Crippen LogP contribution in [0.25, 0.3) is 0 Å². The number of aliphatic hydroxyl groups is 4. The standard InChI is InChI=1S/C5H10O6.Ca/c6-1-2(7)3(8)4(9)5(10)11;/h2-4,6-9H,1H2,(H,10,11);/q;+2/p-1/t2-,3-,4+;/m1./s1. The normalized spacial score (nSPS) is 17.3. The predicted octanol–water partition coefficient (Wildman–Crippen LogP) is -4.57. The number of aliphatic hydroxyl groups excluding tert-OH is 4. The van der Waals surface area contributed by atoms with Crippen LogP contribution in [-0.4, -0.2) is 89.1 Å². The molecule has 3 atom stereocenters. The molecular weight excluding hydrogens is 196 g/mol. The van der Waals surface area contributed by atoms with Crippen molar-refractivity contribution in [3.63, 3.8) is 0 Å². The number of carbonyl (C=O) groups is 1. The van der Waals surface area contributed by atoms with Crippen LogP contribution in [0.1, 0.15) is 0 Å². The molecule has 0 aromatic rings. The summed E-state index contributed by atoms with van der Waals surface area (Å²) in [5.41, 5.74) is 0. The molecule has 12 heavy (non-hydrogen) atoms. The van der Waals surface area contributed by atoms with E-state index in [2.05, 4.69) is 0 Å². The second-order valence-corrected chi connectivity index (χ2v) is 2.00. The van der Waals surface area contributed by atoms with Gasteiger partial charge in [0.25, 0.3) is 0 Å². The Morgan fingerprint density at radius 2 is 1.75 bits per heavy atom. The molecule has 0 aliphatic carbocycles. The Morgan fingerprint density at radius 3 is 2.00 bits per heavy atom. The van der Waals surface area contributed by atoms with Crippen molar-refractivity contribution in [2.75, 3.05) is 6.61 Å². The fourth-order valence-electron chi connectivity index (χ4n) is 0.458. The van der Waals surface area contributed by atoms with Gasteiger partial charge in [-0.3, -0.25) is 0 Å². The molecule has 0 fully saturated rings. The summed E-state index contributed by atoms with van der Waals surface area (Å²) in [7, 11) is 0. The number of hydrogen-bond donors (Lipinski definition) is 4. The number of carboxylic acids is 1. The van der Waals surface area contributed by atoms with Crippen molar-refractivity contribution in [1.82, 2.24) is 0 Å².